The van der Waals surface area contributed by atoms with Crippen molar-refractivity contribution in [2.75, 3.05) is 13.2 Å². The van der Waals surface area contributed by atoms with Gasteiger partial charge in [-0.05, 0) is 24.5 Å². The Morgan fingerprint density at radius 1 is 1.35 bits per heavy atom. The van der Waals surface area contributed by atoms with Crippen LogP contribution < -0.4 is 0 Å². The summed E-state index contributed by atoms with van der Waals surface area (Å²) in [5, 5.41) is 9.08. The molecule has 0 aliphatic rings. The van der Waals surface area contributed by atoms with Crippen LogP contribution in [0.25, 0.3) is 0 Å². The number of aliphatic hydroxyl groups is 1. The molecule has 0 spiro atoms. The first-order valence-electron chi connectivity index (χ1n) is 6.15. The van der Waals surface area contributed by atoms with Crippen molar-refractivity contribution in [2.45, 2.75) is 39.3 Å². The fraction of sp³-hybridized carbons (Fsp3) is 0.615. The zero-order valence-corrected chi connectivity index (χ0v) is 10.6. The third kappa shape index (κ3) is 4.40. The van der Waals surface area contributed by atoms with Crippen LogP contribution in [0.4, 0.5) is 4.39 Å². The lowest BCUT2D eigenvalue weighted by Gasteiger charge is -2.29. The molecule has 3 nitrogen and oxygen atoms in total. The van der Waals surface area contributed by atoms with Crippen molar-refractivity contribution in [3.63, 3.8) is 0 Å². The molecule has 4 heteroatoms. The van der Waals surface area contributed by atoms with Gasteiger partial charge in [0, 0.05) is 25.3 Å². The van der Waals surface area contributed by atoms with Gasteiger partial charge in [0.05, 0.1) is 12.8 Å². The summed E-state index contributed by atoms with van der Waals surface area (Å²) in [5.41, 5.74) is 0.852. The van der Waals surface area contributed by atoms with E-state index in [4.69, 9.17) is 5.11 Å². The van der Waals surface area contributed by atoms with Crippen LogP contribution in [-0.2, 0) is 6.54 Å². The molecule has 0 bridgehead atoms. The Kier molecular flexibility index (Phi) is 6.08. The van der Waals surface area contributed by atoms with E-state index >= 15 is 0 Å². The zero-order valence-electron chi connectivity index (χ0n) is 10.6. The molecule has 0 saturated heterocycles. The second-order valence-corrected chi connectivity index (χ2v) is 4.18. The monoisotopic (exact) mass is 240 g/mol. The minimum absolute atomic E-state index is 0.124. The van der Waals surface area contributed by atoms with Crippen molar-refractivity contribution in [1.29, 1.82) is 0 Å². The smallest absolute Gasteiger partial charge is 0.141 e. The molecule has 96 valence electrons. The van der Waals surface area contributed by atoms with Gasteiger partial charge in [-0.1, -0.05) is 13.8 Å². The van der Waals surface area contributed by atoms with Crippen LogP contribution in [0.2, 0.25) is 0 Å². The Labute approximate surface area is 102 Å². The maximum Gasteiger partial charge on any atom is 0.141 e. The van der Waals surface area contributed by atoms with Gasteiger partial charge in [0.1, 0.15) is 5.82 Å². The zero-order chi connectivity index (χ0) is 12.7. The van der Waals surface area contributed by atoms with Gasteiger partial charge in [-0.15, -0.1) is 0 Å². The number of nitrogens with zero attached hydrogens (tertiary/aromatic N) is 2. The summed E-state index contributed by atoms with van der Waals surface area (Å²) in [6.45, 7) is 5.63. The maximum absolute atomic E-state index is 13.0. The third-order valence-electron chi connectivity index (χ3n) is 2.99. The number of halogens is 1. The third-order valence-corrected chi connectivity index (χ3v) is 2.99. The number of hydrogen-bond acceptors (Lipinski definition) is 3. The number of hydrogen-bond donors (Lipinski definition) is 1. The first kappa shape index (κ1) is 14.1. The summed E-state index contributed by atoms with van der Waals surface area (Å²) < 4.78 is 13.0. The summed E-state index contributed by atoms with van der Waals surface area (Å²) in [6.07, 6.45) is 4.94. The normalized spacial score (nSPS) is 11.4. The first-order valence-corrected chi connectivity index (χ1v) is 6.15. The van der Waals surface area contributed by atoms with Crippen molar-refractivity contribution in [3.05, 3.63) is 29.8 Å². The number of aliphatic hydroxyl groups excluding tert-OH is 1. The van der Waals surface area contributed by atoms with Crippen molar-refractivity contribution in [1.82, 2.24) is 9.88 Å². The molecule has 0 aliphatic heterocycles. The van der Waals surface area contributed by atoms with Crippen molar-refractivity contribution in [3.8, 4) is 0 Å². The van der Waals surface area contributed by atoms with Crippen LogP contribution in [0.15, 0.2) is 18.5 Å². The molecular weight excluding hydrogens is 219 g/mol. The maximum atomic E-state index is 13.0. The quantitative estimate of drug-likeness (QED) is 0.793. The predicted molar refractivity (Wildman–Crippen MR) is 66.1 cm³/mol. The highest BCUT2D eigenvalue weighted by Gasteiger charge is 2.15. The van der Waals surface area contributed by atoms with Crippen molar-refractivity contribution in [2.24, 2.45) is 0 Å². The van der Waals surface area contributed by atoms with Crippen LogP contribution in [0, 0.1) is 5.82 Å². The van der Waals surface area contributed by atoms with E-state index in [9.17, 15) is 4.39 Å². The fourth-order valence-electron chi connectivity index (χ4n) is 2.10. The van der Waals surface area contributed by atoms with Crippen LogP contribution in [0.5, 0.6) is 0 Å². The molecule has 0 radical (unpaired) electrons. The SMILES string of the molecule is CCC(CC)N(CCO)Cc1cncc(F)c1. The topological polar surface area (TPSA) is 36.4 Å². The predicted octanol–water partition coefficient (Wildman–Crippen LogP) is 2.20. The lowest BCUT2D eigenvalue weighted by molar-refractivity contribution is 0.136. The highest BCUT2D eigenvalue weighted by atomic mass is 19.1. The summed E-state index contributed by atoms with van der Waals surface area (Å²) in [6, 6.07) is 1.92. The first-order chi connectivity index (χ1) is 8.21. The summed E-state index contributed by atoms with van der Waals surface area (Å²) >= 11 is 0. The second kappa shape index (κ2) is 7.35. The van der Waals surface area contributed by atoms with Crippen molar-refractivity contribution >= 4 is 0 Å². The Bertz CT molecular complexity index is 329. The van der Waals surface area contributed by atoms with E-state index in [0.29, 0.717) is 19.1 Å². The van der Waals surface area contributed by atoms with Gasteiger partial charge in [-0.25, -0.2) is 4.39 Å². The van der Waals surface area contributed by atoms with Gasteiger partial charge in [0.15, 0.2) is 0 Å². The molecular formula is C13H21FN2O. The summed E-state index contributed by atoms with van der Waals surface area (Å²) in [7, 11) is 0. The number of rotatable bonds is 7. The van der Waals surface area contributed by atoms with Crippen molar-refractivity contribution < 1.29 is 9.50 Å². The molecule has 0 aromatic carbocycles. The van der Waals surface area contributed by atoms with Gasteiger partial charge in [0.25, 0.3) is 0 Å². The summed E-state index contributed by atoms with van der Waals surface area (Å²) in [4.78, 5) is 6.02. The molecule has 1 heterocycles. The van der Waals surface area contributed by atoms with Crippen LogP contribution in [0.1, 0.15) is 32.3 Å². The minimum atomic E-state index is -0.309. The Balaban J connectivity index is 2.71. The lowest BCUT2D eigenvalue weighted by Crippen LogP contribution is -2.36. The van der Waals surface area contributed by atoms with E-state index in [-0.39, 0.29) is 12.4 Å². The van der Waals surface area contributed by atoms with E-state index in [1.807, 2.05) is 0 Å². The van der Waals surface area contributed by atoms with Gasteiger partial charge in [-0.2, -0.15) is 0 Å². The number of aromatic nitrogens is 1. The fourth-order valence-corrected chi connectivity index (χ4v) is 2.10. The highest BCUT2D eigenvalue weighted by Crippen LogP contribution is 2.13. The van der Waals surface area contributed by atoms with E-state index < -0.39 is 0 Å². The van der Waals surface area contributed by atoms with E-state index in [2.05, 4.69) is 23.7 Å². The van der Waals surface area contributed by atoms with Gasteiger partial charge >= 0.3 is 0 Å². The van der Waals surface area contributed by atoms with Gasteiger partial charge in [-0.3, -0.25) is 9.88 Å². The van der Waals surface area contributed by atoms with Crippen LogP contribution in [0.3, 0.4) is 0 Å². The average molecular weight is 240 g/mol. The van der Waals surface area contributed by atoms with Gasteiger partial charge < -0.3 is 5.11 Å². The molecule has 17 heavy (non-hydrogen) atoms. The molecule has 1 aromatic heterocycles. The lowest BCUT2D eigenvalue weighted by atomic mass is 10.1. The van der Waals surface area contributed by atoms with E-state index in [1.165, 1.54) is 12.3 Å². The highest BCUT2D eigenvalue weighted by molar-refractivity contribution is 5.10. The molecule has 0 atom stereocenters. The Morgan fingerprint density at radius 3 is 2.59 bits per heavy atom. The Morgan fingerprint density at radius 2 is 2.06 bits per heavy atom. The van der Waals surface area contributed by atoms with Crippen LogP contribution in [-0.4, -0.2) is 34.2 Å². The molecule has 0 saturated carbocycles. The standard InChI is InChI=1S/C13H21FN2O/c1-3-13(4-2)16(5-6-17)10-11-7-12(14)9-15-8-11/h7-9,13,17H,3-6,10H2,1-2H3. The average Bonchev–Trinajstić information content (AvgIpc) is 2.31. The molecule has 0 aliphatic carbocycles. The van der Waals surface area contributed by atoms with Gasteiger partial charge in [0.2, 0.25) is 0 Å². The molecule has 1 rings (SSSR count). The number of pyridine rings is 1. The summed E-state index contributed by atoms with van der Waals surface area (Å²) in [5.74, 6) is -0.309. The Hall–Kier alpha value is -1.00. The second-order valence-electron chi connectivity index (χ2n) is 4.18. The van der Waals surface area contributed by atoms with E-state index in [0.717, 1.165) is 18.4 Å². The van der Waals surface area contributed by atoms with E-state index in [1.54, 1.807) is 6.20 Å². The van der Waals surface area contributed by atoms with Crippen LogP contribution >= 0.6 is 0 Å². The minimum Gasteiger partial charge on any atom is -0.395 e. The largest absolute Gasteiger partial charge is 0.395 e. The molecule has 1 N–H and O–H groups in total. The molecule has 0 fully saturated rings. The molecule has 0 unspecified atom stereocenters. The molecule has 0 amide bonds. The molecule has 1 aromatic rings.